The molecule has 7 atom stereocenters. The molecular weight excluding hydrogens is 530 g/mol. The first kappa shape index (κ1) is 30.7. The van der Waals surface area contributed by atoms with Gasteiger partial charge in [-0.3, -0.25) is 10.1 Å². The summed E-state index contributed by atoms with van der Waals surface area (Å²) in [5.74, 6) is 4.41. The van der Waals surface area contributed by atoms with Crippen molar-refractivity contribution in [3.8, 4) is 0 Å². The summed E-state index contributed by atoms with van der Waals surface area (Å²) in [6.45, 7) is 12.9. The van der Waals surface area contributed by atoms with Gasteiger partial charge in [0.25, 0.3) is 0 Å². The molecule has 3 fully saturated rings. The van der Waals surface area contributed by atoms with Gasteiger partial charge in [-0.05, 0) is 109 Å². The van der Waals surface area contributed by atoms with Gasteiger partial charge in [-0.1, -0.05) is 59.0 Å². The minimum absolute atomic E-state index is 0.101. The molecule has 9 heteroatoms. The van der Waals surface area contributed by atoms with Crippen LogP contribution in [-0.4, -0.2) is 39.7 Å². The van der Waals surface area contributed by atoms with Crippen LogP contribution in [0.25, 0.3) is 11.0 Å². The lowest BCUT2D eigenvalue weighted by atomic mass is 9.47. The van der Waals surface area contributed by atoms with Crippen molar-refractivity contribution in [2.24, 2.45) is 51.5 Å². The van der Waals surface area contributed by atoms with Gasteiger partial charge in [0, 0.05) is 25.1 Å². The molecule has 1 aromatic heterocycles. The van der Waals surface area contributed by atoms with E-state index in [0.29, 0.717) is 22.8 Å². The van der Waals surface area contributed by atoms with Crippen molar-refractivity contribution in [2.45, 2.75) is 105 Å². The number of oxime groups is 1. The Bertz CT molecular complexity index is 1290. The number of fused-ring (bicyclic) bond motifs is 4. The number of hydrogen-bond acceptors (Lipinski definition) is 8. The van der Waals surface area contributed by atoms with Gasteiger partial charge in [0.15, 0.2) is 5.52 Å². The Kier molecular flexibility index (Phi) is 8.87. The van der Waals surface area contributed by atoms with E-state index in [4.69, 9.17) is 4.63 Å². The molecule has 0 radical (unpaired) electrons. The second-order valence-corrected chi connectivity index (χ2v) is 14.8. The van der Waals surface area contributed by atoms with Crippen molar-refractivity contribution >= 4 is 28.1 Å². The van der Waals surface area contributed by atoms with Gasteiger partial charge >= 0.3 is 5.69 Å². The maximum absolute atomic E-state index is 11.4. The molecule has 1 heterocycles. The topological polar surface area (TPSA) is 118 Å². The number of nitro benzene ring substituents is 1. The summed E-state index contributed by atoms with van der Waals surface area (Å²) < 4.78 is 4.87. The first-order chi connectivity index (χ1) is 20.0. The predicted octanol–water partition coefficient (Wildman–Crippen LogP) is 8.50. The lowest BCUT2D eigenvalue weighted by Gasteiger charge is -2.57. The maximum atomic E-state index is 11.4. The highest BCUT2D eigenvalue weighted by atomic mass is 16.6. The van der Waals surface area contributed by atoms with Gasteiger partial charge < -0.3 is 10.1 Å². The summed E-state index contributed by atoms with van der Waals surface area (Å²) >= 11 is 0. The van der Waals surface area contributed by atoms with Crippen LogP contribution in [0, 0.1) is 56.5 Å². The van der Waals surface area contributed by atoms with E-state index in [1.165, 1.54) is 51.0 Å². The third kappa shape index (κ3) is 5.41. The Morgan fingerprint density at radius 1 is 1.10 bits per heavy atom. The summed E-state index contributed by atoms with van der Waals surface area (Å²) in [6, 6.07) is 3.20. The molecule has 232 valence electrons. The highest BCUT2D eigenvalue weighted by Gasteiger charge is 2.59. The van der Waals surface area contributed by atoms with Crippen LogP contribution in [0.5, 0.6) is 0 Å². The number of anilines is 1. The molecule has 0 aliphatic heterocycles. The van der Waals surface area contributed by atoms with Crippen LogP contribution in [0.4, 0.5) is 11.4 Å². The van der Waals surface area contributed by atoms with E-state index in [1.807, 2.05) is 7.05 Å². The first-order valence-electron chi connectivity index (χ1n) is 16.3. The number of rotatable bonds is 11. The zero-order valence-corrected chi connectivity index (χ0v) is 26.5. The van der Waals surface area contributed by atoms with Gasteiger partial charge in [0.05, 0.1) is 16.3 Å². The van der Waals surface area contributed by atoms with Crippen molar-refractivity contribution in [1.82, 2.24) is 10.3 Å². The van der Waals surface area contributed by atoms with Crippen LogP contribution < -0.4 is 4.90 Å². The molecule has 0 unspecified atom stereocenters. The molecule has 3 saturated carbocycles. The Morgan fingerprint density at radius 2 is 1.86 bits per heavy atom. The molecule has 1 N–H and O–H groups in total. The summed E-state index contributed by atoms with van der Waals surface area (Å²) in [6.07, 6.45) is 13.2. The van der Waals surface area contributed by atoms with Gasteiger partial charge in [0.2, 0.25) is 5.52 Å². The highest BCUT2D eigenvalue weighted by molar-refractivity contribution is 5.93. The largest absolute Gasteiger partial charge is 0.411 e. The van der Waals surface area contributed by atoms with Crippen LogP contribution in [-0.2, 0) is 0 Å². The van der Waals surface area contributed by atoms with E-state index in [9.17, 15) is 15.3 Å². The van der Waals surface area contributed by atoms with Gasteiger partial charge in [-0.2, -0.15) is 0 Å². The number of nitro groups is 1. The molecule has 3 aliphatic rings. The second-order valence-electron chi connectivity index (χ2n) is 14.8. The van der Waals surface area contributed by atoms with Crippen LogP contribution in [0.1, 0.15) is 105 Å². The average molecular weight is 582 g/mol. The van der Waals surface area contributed by atoms with E-state index in [-0.39, 0.29) is 16.6 Å². The predicted molar refractivity (Wildman–Crippen MR) is 166 cm³/mol. The molecule has 0 bridgehead atoms. The molecular formula is C33H51N5O4. The quantitative estimate of drug-likeness (QED) is 0.160. The monoisotopic (exact) mass is 581 g/mol. The number of aromatic nitrogens is 2. The Labute approximate surface area is 250 Å². The smallest absolute Gasteiger partial charge is 0.300 e. The third-order valence-electron chi connectivity index (χ3n) is 12.1. The van der Waals surface area contributed by atoms with E-state index >= 15 is 0 Å². The van der Waals surface area contributed by atoms with Crippen molar-refractivity contribution in [3.63, 3.8) is 0 Å². The molecule has 2 aromatic rings. The lowest BCUT2D eigenvalue weighted by Crippen LogP contribution is -2.52. The van der Waals surface area contributed by atoms with Gasteiger partial charge in [-0.25, -0.2) is 4.63 Å². The van der Waals surface area contributed by atoms with E-state index in [0.717, 1.165) is 67.3 Å². The standard InChI is InChI=1S/C33H51N5O4/c1-21(2)9-7-10-22(3)24-12-13-25-23-11-16-29(34-39)33(5,26(23)17-19-32(24,25)4)18-8-20-37(6)27-14-15-28(38(40)41)31-30(27)35-42-36-31/h14-15,21-26,39H,7-13,16-20H2,1-6H3/t22-,23+,24-,25+,26+,32-,33-/m1/s1. The highest BCUT2D eigenvalue weighted by Crippen LogP contribution is 2.66. The first-order valence-corrected chi connectivity index (χ1v) is 16.3. The molecule has 1 aromatic carbocycles. The number of nitrogens with zero attached hydrogens (tertiary/aromatic N) is 5. The molecule has 9 nitrogen and oxygen atoms in total. The molecule has 0 saturated heterocycles. The van der Waals surface area contributed by atoms with E-state index < -0.39 is 4.92 Å². The minimum Gasteiger partial charge on any atom is -0.411 e. The summed E-state index contributed by atoms with van der Waals surface area (Å²) in [5, 5.41) is 33.2. The Morgan fingerprint density at radius 3 is 2.57 bits per heavy atom. The fraction of sp³-hybridized carbons (Fsp3) is 0.788. The van der Waals surface area contributed by atoms with Crippen molar-refractivity contribution in [3.05, 3.63) is 22.2 Å². The van der Waals surface area contributed by atoms with Crippen LogP contribution in [0.2, 0.25) is 0 Å². The molecule has 0 spiro atoms. The van der Waals surface area contributed by atoms with E-state index in [1.54, 1.807) is 6.07 Å². The van der Waals surface area contributed by atoms with Crippen molar-refractivity contribution < 1.29 is 14.8 Å². The minimum atomic E-state index is -0.457. The summed E-state index contributed by atoms with van der Waals surface area (Å²) in [4.78, 5) is 13.0. The lowest BCUT2D eigenvalue weighted by molar-refractivity contribution is -0.383. The zero-order chi connectivity index (χ0) is 30.2. The second kappa shape index (κ2) is 12.1. The Balaban J connectivity index is 1.27. The van der Waals surface area contributed by atoms with Gasteiger partial charge in [-0.15, -0.1) is 0 Å². The Hall–Kier alpha value is -2.71. The number of hydrogen-bond donors (Lipinski definition) is 1. The number of non-ortho nitro benzene ring substituents is 1. The fourth-order valence-electron chi connectivity index (χ4n) is 9.90. The molecule has 5 rings (SSSR count). The number of benzene rings is 1. The SMILES string of the molecule is CC(C)CCC[C@@H](C)[C@H]1CC[C@H]2[C@@H]3CCC(=NO)[C@](C)(CCCN(C)c4ccc([N+](=O)[O-])c5nonc45)[C@H]3CC[C@]12C. The molecule has 42 heavy (non-hydrogen) atoms. The summed E-state index contributed by atoms with van der Waals surface area (Å²) in [7, 11) is 1.98. The summed E-state index contributed by atoms with van der Waals surface area (Å²) in [5.41, 5.74) is 2.54. The van der Waals surface area contributed by atoms with Gasteiger partial charge in [0.1, 0.15) is 0 Å². The van der Waals surface area contributed by atoms with Crippen molar-refractivity contribution in [2.75, 3.05) is 18.5 Å². The zero-order valence-electron chi connectivity index (χ0n) is 26.5. The fourth-order valence-corrected chi connectivity index (χ4v) is 9.90. The average Bonchev–Trinajstić information content (AvgIpc) is 3.57. The van der Waals surface area contributed by atoms with Crippen LogP contribution >= 0.6 is 0 Å². The van der Waals surface area contributed by atoms with Crippen LogP contribution in [0.3, 0.4) is 0 Å². The normalized spacial score (nSPS) is 32.7. The molecule has 3 aliphatic carbocycles. The van der Waals surface area contributed by atoms with Crippen molar-refractivity contribution in [1.29, 1.82) is 0 Å². The van der Waals surface area contributed by atoms with Crippen LogP contribution in [0.15, 0.2) is 21.9 Å². The third-order valence-corrected chi connectivity index (χ3v) is 12.1. The maximum Gasteiger partial charge on any atom is 0.300 e. The molecule has 0 amide bonds. The van der Waals surface area contributed by atoms with E-state index in [2.05, 4.69) is 55.0 Å².